The van der Waals surface area contributed by atoms with Crippen LogP contribution in [0.1, 0.15) is 13.8 Å². The van der Waals surface area contributed by atoms with Gasteiger partial charge in [0.15, 0.2) is 0 Å². The minimum Gasteiger partial charge on any atom is -0.481 e. The minimum absolute atomic E-state index is 0.276. The van der Waals surface area contributed by atoms with Crippen molar-refractivity contribution in [3.05, 3.63) is 0 Å². The van der Waals surface area contributed by atoms with Gasteiger partial charge in [0.2, 0.25) is 10.0 Å². The van der Waals surface area contributed by atoms with Gasteiger partial charge in [0.25, 0.3) is 5.97 Å². The van der Waals surface area contributed by atoms with Crippen molar-refractivity contribution in [1.82, 2.24) is 9.62 Å². The Labute approximate surface area is 90.3 Å². The molecule has 2 N–H and O–H groups in total. The van der Waals surface area contributed by atoms with E-state index in [9.17, 15) is 8.42 Å². The first-order valence-corrected chi connectivity index (χ1v) is 6.46. The molecule has 90 valence electrons. The van der Waals surface area contributed by atoms with Gasteiger partial charge in [-0.05, 0) is 6.92 Å². The molecule has 0 aliphatic carbocycles. The van der Waals surface area contributed by atoms with Crippen molar-refractivity contribution >= 4 is 16.0 Å². The fraction of sp³-hybridized carbons (Fsp3) is 0.875. The van der Waals surface area contributed by atoms with Gasteiger partial charge in [-0.25, -0.2) is 8.42 Å². The van der Waals surface area contributed by atoms with Gasteiger partial charge in [0.05, 0.1) is 6.26 Å². The molecule has 1 aliphatic rings. The van der Waals surface area contributed by atoms with E-state index in [1.807, 2.05) is 6.92 Å². The number of carbonyl (C=O) groups is 1. The highest BCUT2D eigenvalue weighted by molar-refractivity contribution is 7.88. The van der Waals surface area contributed by atoms with Crippen molar-refractivity contribution in [2.75, 3.05) is 25.9 Å². The molecule has 1 unspecified atom stereocenters. The van der Waals surface area contributed by atoms with Crippen LogP contribution in [0.5, 0.6) is 0 Å². The van der Waals surface area contributed by atoms with Crippen LogP contribution in [0.25, 0.3) is 0 Å². The molecule has 0 aromatic rings. The maximum atomic E-state index is 11.0. The van der Waals surface area contributed by atoms with E-state index in [0.29, 0.717) is 13.1 Å². The maximum absolute atomic E-state index is 11.0. The van der Waals surface area contributed by atoms with E-state index >= 15 is 0 Å². The Hall–Kier alpha value is -0.660. The van der Waals surface area contributed by atoms with Crippen LogP contribution in [0.3, 0.4) is 0 Å². The second-order valence-corrected chi connectivity index (χ2v) is 5.48. The topological polar surface area (TPSA) is 86.7 Å². The summed E-state index contributed by atoms with van der Waals surface area (Å²) in [5, 5.41) is 10.6. The lowest BCUT2D eigenvalue weighted by molar-refractivity contribution is -0.134. The van der Waals surface area contributed by atoms with E-state index in [4.69, 9.17) is 9.90 Å². The molecule has 7 heteroatoms. The van der Waals surface area contributed by atoms with Gasteiger partial charge in [-0.3, -0.25) is 4.79 Å². The summed E-state index contributed by atoms with van der Waals surface area (Å²) in [7, 11) is -2.97. The summed E-state index contributed by atoms with van der Waals surface area (Å²) in [5.74, 6) is -0.833. The minimum atomic E-state index is -2.97. The van der Waals surface area contributed by atoms with Crippen LogP contribution in [0, 0.1) is 0 Å². The Morgan fingerprint density at radius 1 is 1.53 bits per heavy atom. The Kier molecular flexibility index (Phi) is 5.77. The first-order valence-electron chi connectivity index (χ1n) is 4.61. The molecule has 1 aliphatic heterocycles. The number of hydrogen-bond acceptors (Lipinski definition) is 4. The van der Waals surface area contributed by atoms with Gasteiger partial charge >= 0.3 is 0 Å². The number of sulfonamides is 1. The molecule has 1 heterocycles. The highest BCUT2D eigenvalue weighted by Gasteiger charge is 2.22. The molecule has 1 rings (SSSR count). The number of nitrogens with one attached hydrogen (secondary N) is 1. The summed E-state index contributed by atoms with van der Waals surface area (Å²) in [6.45, 7) is 5.02. The number of carboxylic acid groups (broad SMARTS) is 1. The average Bonchev–Trinajstić information content (AvgIpc) is 2.01. The lowest BCUT2D eigenvalue weighted by Gasteiger charge is -2.29. The van der Waals surface area contributed by atoms with Gasteiger partial charge in [0.1, 0.15) is 0 Å². The third kappa shape index (κ3) is 7.29. The van der Waals surface area contributed by atoms with Crippen LogP contribution in [0.15, 0.2) is 0 Å². The molecule has 1 atom stereocenters. The summed E-state index contributed by atoms with van der Waals surface area (Å²) in [6, 6.07) is 0.276. The molecule has 1 saturated heterocycles. The van der Waals surface area contributed by atoms with Gasteiger partial charge < -0.3 is 10.4 Å². The predicted molar refractivity (Wildman–Crippen MR) is 57.2 cm³/mol. The lowest BCUT2D eigenvalue weighted by atomic mass is 10.3. The van der Waals surface area contributed by atoms with E-state index in [0.717, 1.165) is 13.5 Å². The predicted octanol–water partition coefficient (Wildman–Crippen LogP) is -0.669. The molecule has 0 radical (unpaired) electrons. The smallest absolute Gasteiger partial charge is 0.300 e. The molecule has 0 bridgehead atoms. The average molecular weight is 238 g/mol. The molecule has 15 heavy (non-hydrogen) atoms. The fourth-order valence-electron chi connectivity index (χ4n) is 1.20. The van der Waals surface area contributed by atoms with Crippen LogP contribution >= 0.6 is 0 Å². The number of nitrogens with zero attached hydrogens (tertiary/aromatic N) is 1. The first kappa shape index (κ1) is 14.3. The quantitative estimate of drug-likeness (QED) is 0.632. The molecule has 0 aromatic carbocycles. The summed E-state index contributed by atoms with van der Waals surface area (Å²) < 4.78 is 23.6. The monoisotopic (exact) mass is 238 g/mol. The zero-order chi connectivity index (χ0) is 12.1. The molecule has 6 nitrogen and oxygen atoms in total. The van der Waals surface area contributed by atoms with E-state index in [-0.39, 0.29) is 6.04 Å². The Morgan fingerprint density at radius 2 is 2.00 bits per heavy atom. The number of hydrogen-bond donors (Lipinski definition) is 2. The standard InChI is InChI=1S/C6H14N2O2S.C2H4O2/c1-6-5-8(4-3-7-6)11(2,9)10;1-2(3)4/h6-7H,3-5H2,1-2H3;1H3,(H,3,4). The largest absolute Gasteiger partial charge is 0.481 e. The second kappa shape index (κ2) is 6.04. The molecule has 0 saturated carbocycles. The highest BCUT2D eigenvalue weighted by atomic mass is 32.2. The molecular weight excluding hydrogens is 220 g/mol. The summed E-state index contributed by atoms with van der Waals surface area (Å²) in [6.07, 6.45) is 1.26. The van der Waals surface area contributed by atoms with Crippen LogP contribution in [-0.2, 0) is 14.8 Å². The summed E-state index contributed by atoms with van der Waals surface area (Å²) >= 11 is 0. The first-order chi connectivity index (χ1) is 6.73. The molecule has 0 amide bonds. The van der Waals surface area contributed by atoms with Crippen molar-refractivity contribution in [2.45, 2.75) is 19.9 Å². The van der Waals surface area contributed by atoms with Crippen LogP contribution in [0.2, 0.25) is 0 Å². The number of piperazine rings is 1. The highest BCUT2D eigenvalue weighted by Crippen LogP contribution is 2.02. The van der Waals surface area contributed by atoms with Crippen molar-refractivity contribution in [3.63, 3.8) is 0 Å². The zero-order valence-electron chi connectivity index (χ0n) is 9.23. The number of aliphatic carboxylic acids is 1. The van der Waals surface area contributed by atoms with Crippen molar-refractivity contribution < 1.29 is 18.3 Å². The van der Waals surface area contributed by atoms with Gasteiger partial charge in [-0.1, -0.05) is 0 Å². The SMILES string of the molecule is CC(=O)O.CC1CN(S(C)(=O)=O)CCN1. The van der Waals surface area contributed by atoms with Crippen molar-refractivity contribution in [1.29, 1.82) is 0 Å². The van der Waals surface area contributed by atoms with Crippen molar-refractivity contribution in [3.8, 4) is 0 Å². The molecule has 1 fully saturated rings. The Bertz CT molecular complexity index is 298. The molecule has 0 spiro atoms. The van der Waals surface area contributed by atoms with E-state index in [1.54, 1.807) is 0 Å². The van der Waals surface area contributed by atoms with Crippen molar-refractivity contribution in [2.24, 2.45) is 0 Å². The van der Waals surface area contributed by atoms with Crippen LogP contribution in [0.4, 0.5) is 0 Å². The third-order valence-corrected chi connectivity index (χ3v) is 3.07. The zero-order valence-corrected chi connectivity index (χ0v) is 10.0. The maximum Gasteiger partial charge on any atom is 0.300 e. The summed E-state index contributed by atoms with van der Waals surface area (Å²) in [4.78, 5) is 9.00. The van der Waals surface area contributed by atoms with E-state index < -0.39 is 16.0 Å². The molecule has 0 aromatic heterocycles. The fourth-order valence-corrected chi connectivity index (χ4v) is 2.12. The van der Waals surface area contributed by atoms with E-state index in [1.165, 1.54) is 10.6 Å². The number of carboxylic acids is 1. The summed E-state index contributed by atoms with van der Waals surface area (Å²) in [5.41, 5.74) is 0. The molecular formula is C8H18N2O4S. The second-order valence-electron chi connectivity index (χ2n) is 3.50. The normalized spacial score (nSPS) is 22.7. The van der Waals surface area contributed by atoms with Gasteiger partial charge in [-0.2, -0.15) is 4.31 Å². The van der Waals surface area contributed by atoms with Crippen LogP contribution < -0.4 is 5.32 Å². The van der Waals surface area contributed by atoms with Crippen LogP contribution in [-0.4, -0.2) is 55.7 Å². The lowest BCUT2D eigenvalue weighted by Crippen LogP contribution is -2.50. The Balaban J connectivity index is 0.000000423. The van der Waals surface area contributed by atoms with Gasteiger partial charge in [0, 0.05) is 32.6 Å². The number of rotatable bonds is 1. The van der Waals surface area contributed by atoms with E-state index in [2.05, 4.69) is 5.32 Å². The Morgan fingerprint density at radius 3 is 2.27 bits per heavy atom. The third-order valence-electron chi connectivity index (χ3n) is 1.80. The van der Waals surface area contributed by atoms with Gasteiger partial charge in [-0.15, -0.1) is 0 Å².